The van der Waals surface area contributed by atoms with Crippen LogP contribution in [-0.2, 0) is 6.61 Å². The molecule has 0 unspecified atom stereocenters. The minimum atomic E-state index is -0.0160. The van der Waals surface area contributed by atoms with Gasteiger partial charge in [0.25, 0.3) is 0 Å². The van der Waals surface area contributed by atoms with Crippen molar-refractivity contribution < 1.29 is 14.3 Å². The first-order chi connectivity index (χ1) is 14.0. The highest BCUT2D eigenvalue weighted by Gasteiger charge is 2.08. The number of hydrogen-bond acceptors (Lipinski definition) is 3. The van der Waals surface area contributed by atoms with Crippen LogP contribution < -0.4 is 9.47 Å². The second kappa shape index (κ2) is 9.24. The van der Waals surface area contributed by atoms with Crippen molar-refractivity contribution >= 4 is 11.9 Å². The van der Waals surface area contributed by atoms with Gasteiger partial charge < -0.3 is 9.47 Å². The van der Waals surface area contributed by atoms with Crippen LogP contribution in [0.3, 0.4) is 0 Å². The molecule has 0 fully saturated rings. The van der Waals surface area contributed by atoms with E-state index in [4.69, 9.17) is 9.47 Å². The lowest BCUT2D eigenvalue weighted by Crippen LogP contribution is -2.01. The molecule has 0 radical (unpaired) electrons. The second-order valence-corrected chi connectivity index (χ2v) is 7.13. The third-order valence-corrected chi connectivity index (χ3v) is 4.97. The predicted molar refractivity (Wildman–Crippen MR) is 118 cm³/mol. The standard InChI is InChI=1S/C26H26O3/c1-18-7-5-9-22(15-18)24(27)13-11-21-12-14-26(28-4)23(16-21)17-29-25-10-6-8-19(2)20(25)3/h5-16H,17H2,1-4H3/b13-11+. The third-order valence-electron chi connectivity index (χ3n) is 4.97. The number of carbonyl (C=O) groups is 1. The van der Waals surface area contributed by atoms with Crippen molar-refractivity contribution in [3.63, 3.8) is 0 Å². The zero-order chi connectivity index (χ0) is 20.8. The maximum atomic E-state index is 12.4. The Bertz CT molecular complexity index is 1050. The molecule has 148 valence electrons. The molecule has 0 heterocycles. The molecule has 0 aromatic heterocycles. The lowest BCUT2D eigenvalue weighted by molar-refractivity contribution is 0.104. The van der Waals surface area contributed by atoms with E-state index in [-0.39, 0.29) is 5.78 Å². The first-order valence-corrected chi connectivity index (χ1v) is 9.63. The number of hydrogen-bond donors (Lipinski definition) is 0. The molecule has 0 saturated heterocycles. The van der Waals surface area contributed by atoms with Gasteiger partial charge in [-0.15, -0.1) is 0 Å². The quantitative estimate of drug-likeness (QED) is 0.364. The Morgan fingerprint density at radius 3 is 2.48 bits per heavy atom. The van der Waals surface area contributed by atoms with E-state index in [1.165, 1.54) is 5.56 Å². The fourth-order valence-corrected chi connectivity index (χ4v) is 3.12. The summed E-state index contributed by atoms with van der Waals surface area (Å²) in [5.74, 6) is 1.61. The molecule has 0 N–H and O–H groups in total. The maximum absolute atomic E-state index is 12.4. The van der Waals surface area contributed by atoms with Crippen LogP contribution in [0.5, 0.6) is 11.5 Å². The Morgan fingerprint density at radius 2 is 1.72 bits per heavy atom. The molecule has 3 aromatic carbocycles. The van der Waals surface area contributed by atoms with Gasteiger partial charge >= 0.3 is 0 Å². The van der Waals surface area contributed by atoms with Crippen LogP contribution in [0.2, 0.25) is 0 Å². The summed E-state index contributed by atoms with van der Waals surface area (Å²) >= 11 is 0. The molecule has 3 heteroatoms. The van der Waals surface area contributed by atoms with Crippen LogP contribution in [-0.4, -0.2) is 12.9 Å². The average molecular weight is 386 g/mol. The third kappa shape index (κ3) is 5.14. The van der Waals surface area contributed by atoms with E-state index in [9.17, 15) is 4.79 Å². The lowest BCUT2D eigenvalue weighted by Gasteiger charge is -2.13. The van der Waals surface area contributed by atoms with E-state index in [1.807, 2.05) is 67.6 Å². The predicted octanol–water partition coefficient (Wildman–Crippen LogP) is 6.10. The fraction of sp³-hybridized carbons (Fsp3) is 0.192. The van der Waals surface area contributed by atoms with Gasteiger partial charge in [0.1, 0.15) is 18.1 Å². The molecule has 29 heavy (non-hydrogen) atoms. The molecule has 3 nitrogen and oxygen atoms in total. The number of ketones is 1. The van der Waals surface area contributed by atoms with Crippen LogP contribution in [0.4, 0.5) is 0 Å². The van der Waals surface area contributed by atoms with Crippen molar-refractivity contribution in [2.45, 2.75) is 27.4 Å². The molecule has 0 atom stereocenters. The van der Waals surface area contributed by atoms with Crippen LogP contribution in [0.1, 0.15) is 38.2 Å². The van der Waals surface area contributed by atoms with Crippen LogP contribution in [0.25, 0.3) is 6.08 Å². The van der Waals surface area contributed by atoms with Crippen molar-refractivity contribution in [2.24, 2.45) is 0 Å². The summed E-state index contributed by atoms with van der Waals surface area (Å²) in [6.07, 6.45) is 3.43. The fourth-order valence-electron chi connectivity index (χ4n) is 3.12. The summed E-state index contributed by atoms with van der Waals surface area (Å²) in [5, 5.41) is 0. The first kappa shape index (κ1) is 20.4. The summed E-state index contributed by atoms with van der Waals surface area (Å²) in [7, 11) is 1.65. The Labute approximate surface area is 172 Å². The molecule has 0 bridgehead atoms. The van der Waals surface area contributed by atoms with Gasteiger partial charge in [-0.25, -0.2) is 0 Å². The zero-order valence-corrected chi connectivity index (χ0v) is 17.4. The van der Waals surface area contributed by atoms with Gasteiger partial charge in [-0.2, -0.15) is 0 Å². The number of aryl methyl sites for hydroxylation is 2. The highest BCUT2D eigenvalue weighted by molar-refractivity contribution is 6.06. The Balaban J connectivity index is 1.77. The van der Waals surface area contributed by atoms with Gasteiger partial charge in [-0.3, -0.25) is 4.79 Å². The highest BCUT2D eigenvalue weighted by Crippen LogP contribution is 2.25. The summed E-state index contributed by atoms with van der Waals surface area (Å²) in [4.78, 5) is 12.4. The van der Waals surface area contributed by atoms with Crippen molar-refractivity contribution in [3.8, 4) is 11.5 Å². The second-order valence-electron chi connectivity index (χ2n) is 7.13. The molecule has 0 saturated carbocycles. The van der Waals surface area contributed by atoms with Gasteiger partial charge in [0.2, 0.25) is 0 Å². The summed E-state index contributed by atoms with van der Waals surface area (Å²) < 4.78 is 11.5. The average Bonchev–Trinajstić information content (AvgIpc) is 2.73. The molecule has 0 amide bonds. The molecule has 3 aromatic rings. The molecule has 3 rings (SSSR count). The van der Waals surface area contributed by atoms with Gasteiger partial charge in [0.05, 0.1) is 7.11 Å². The molecule has 0 aliphatic heterocycles. The van der Waals surface area contributed by atoms with Gasteiger partial charge in [-0.05, 0) is 67.8 Å². The molecule has 0 spiro atoms. The number of carbonyl (C=O) groups excluding carboxylic acids is 1. The summed E-state index contributed by atoms with van der Waals surface area (Å²) in [5.41, 5.74) is 5.94. The molecular formula is C26H26O3. The monoisotopic (exact) mass is 386 g/mol. The first-order valence-electron chi connectivity index (χ1n) is 9.63. The number of allylic oxidation sites excluding steroid dienone is 1. The van der Waals surface area contributed by atoms with Crippen molar-refractivity contribution in [2.75, 3.05) is 7.11 Å². The highest BCUT2D eigenvalue weighted by atomic mass is 16.5. The lowest BCUT2D eigenvalue weighted by atomic mass is 10.1. The molecular weight excluding hydrogens is 360 g/mol. The number of methoxy groups -OCH3 is 1. The van der Waals surface area contributed by atoms with E-state index < -0.39 is 0 Å². The van der Waals surface area contributed by atoms with Gasteiger partial charge in [-0.1, -0.05) is 48.0 Å². The zero-order valence-electron chi connectivity index (χ0n) is 17.4. The number of benzene rings is 3. The number of rotatable bonds is 7. The van der Waals surface area contributed by atoms with Crippen LogP contribution >= 0.6 is 0 Å². The largest absolute Gasteiger partial charge is 0.496 e. The Hall–Kier alpha value is -3.33. The van der Waals surface area contributed by atoms with Crippen LogP contribution in [0.15, 0.2) is 66.7 Å². The SMILES string of the molecule is COc1ccc(/C=C/C(=O)c2cccc(C)c2)cc1COc1cccc(C)c1C. The van der Waals surface area contributed by atoms with Crippen molar-refractivity contribution in [1.82, 2.24) is 0 Å². The Morgan fingerprint density at radius 1 is 0.931 bits per heavy atom. The van der Waals surface area contributed by atoms with Gasteiger partial charge in [0, 0.05) is 11.1 Å². The van der Waals surface area contributed by atoms with Crippen LogP contribution in [0, 0.1) is 20.8 Å². The van der Waals surface area contributed by atoms with E-state index in [0.717, 1.165) is 33.8 Å². The summed E-state index contributed by atoms with van der Waals surface area (Å²) in [6, 6.07) is 19.5. The van der Waals surface area contributed by atoms with E-state index in [0.29, 0.717) is 12.2 Å². The topological polar surface area (TPSA) is 35.5 Å². The van der Waals surface area contributed by atoms with E-state index in [1.54, 1.807) is 13.2 Å². The minimum Gasteiger partial charge on any atom is -0.496 e. The normalized spacial score (nSPS) is 10.9. The number of ether oxygens (including phenoxy) is 2. The van der Waals surface area contributed by atoms with Crippen molar-refractivity contribution in [1.29, 1.82) is 0 Å². The maximum Gasteiger partial charge on any atom is 0.185 e. The van der Waals surface area contributed by atoms with Gasteiger partial charge in [0.15, 0.2) is 5.78 Å². The molecule has 0 aliphatic rings. The Kier molecular flexibility index (Phi) is 6.50. The summed E-state index contributed by atoms with van der Waals surface area (Å²) in [6.45, 7) is 6.49. The van der Waals surface area contributed by atoms with E-state index in [2.05, 4.69) is 19.9 Å². The van der Waals surface area contributed by atoms with E-state index >= 15 is 0 Å². The smallest absolute Gasteiger partial charge is 0.185 e. The minimum absolute atomic E-state index is 0.0160. The molecule has 0 aliphatic carbocycles. The van der Waals surface area contributed by atoms with Crippen molar-refractivity contribution in [3.05, 3.63) is 100 Å².